The van der Waals surface area contributed by atoms with Crippen molar-refractivity contribution in [2.75, 3.05) is 63.6 Å². The molecule has 0 saturated heterocycles. The quantitative estimate of drug-likeness (QED) is 0.0530. The maximum absolute atomic E-state index is 12.5. The first-order chi connectivity index (χ1) is 39.9. The molecule has 4 aliphatic heterocycles. The van der Waals surface area contributed by atoms with Gasteiger partial charge in [-0.05, 0) is 83.9 Å². The van der Waals surface area contributed by atoms with Crippen LogP contribution < -0.4 is 41.7 Å². The summed E-state index contributed by atoms with van der Waals surface area (Å²) in [5.41, 5.74) is 14.0. The van der Waals surface area contributed by atoms with Gasteiger partial charge < -0.3 is 49.8 Å². The molecule has 0 spiro atoms. The number of anilines is 4. The van der Waals surface area contributed by atoms with E-state index in [-0.39, 0.29) is 29.1 Å². The smallest absolute Gasteiger partial charge is 0.339 e. The molecule has 15 heteroatoms. The van der Waals surface area contributed by atoms with Gasteiger partial charge >= 0.3 is 17.9 Å². The zero-order valence-electron chi connectivity index (χ0n) is 45.7. The van der Waals surface area contributed by atoms with E-state index in [0.29, 0.717) is 39.4 Å². The highest BCUT2D eigenvalue weighted by atomic mass is 16.6. The third kappa shape index (κ3) is 9.95. The van der Waals surface area contributed by atoms with Crippen LogP contribution in [0.25, 0.3) is 66.8 Å². The number of cyclic esters (lactones) is 1. The monoisotopic (exact) mass is 1090 g/mol. The Hall–Kier alpha value is -10.7. The normalized spacial score (nSPS) is 13.6. The summed E-state index contributed by atoms with van der Waals surface area (Å²) < 4.78 is 24.4. The first kappa shape index (κ1) is 53.3. The Labute approximate surface area is 471 Å². The molecule has 0 amide bonds. The number of hydrogen-bond donors (Lipinski definition) is 7. The molecule has 4 heterocycles. The van der Waals surface area contributed by atoms with Crippen molar-refractivity contribution in [3.8, 4) is 56.4 Å². The van der Waals surface area contributed by atoms with Crippen LogP contribution in [0.3, 0.4) is 0 Å². The largest absolute Gasteiger partial charge is 0.478 e. The average molecular weight is 1090 g/mol. The van der Waals surface area contributed by atoms with Crippen molar-refractivity contribution < 1.29 is 47.9 Å². The summed E-state index contributed by atoms with van der Waals surface area (Å²) in [5.74, 6) is 0.589. The van der Waals surface area contributed by atoms with Crippen LogP contribution in [0.5, 0.6) is 11.5 Å². The van der Waals surface area contributed by atoms with Gasteiger partial charge in [-0.25, -0.2) is 19.4 Å². The zero-order chi connectivity index (χ0) is 57.2. The number of fused-ring (bicyclic) bond motifs is 7. The first-order valence-electron chi connectivity index (χ1n) is 26.5. The van der Waals surface area contributed by atoms with Gasteiger partial charge in [-0.15, -0.1) is 0 Å². The molecule has 13 rings (SSSR count). The van der Waals surface area contributed by atoms with E-state index >= 15 is 0 Å². The van der Waals surface area contributed by atoms with Gasteiger partial charge in [0.15, 0.2) is 0 Å². The van der Waals surface area contributed by atoms with Crippen LogP contribution in [0.2, 0.25) is 0 Å². The molecule has 7 aromatic rings. The lowest BCUT2D eigenvalue weighted by Gasteiger charge is -2.32. The molecule has 408 valence electrons. The van der Waals surface area contributed by atoms with Gasteiger partial charge in [0.2, 0.25) is 5.36 Å². The molecule has 82 heavy (non-hydrogen) atoms. The van der Waals surface area contributed by atoms with Gasteiger partial charge in [-0.2, -0.15) is 0 Å². The molecular formula is C67H57N6O9+. The van der Waals surface area contributed by atoms with Crippen molar-refractivity contribution in [2.24, 2.45) is 4.99 Å². The van der Waals surface area contributed by atoms with E-state index in [4.69, 9.17) is 18.3 Å². The lowest BCUT2D eigenvalue weighted by molar-refractivity contribution is -0.465. The minimum Gasteiger partial charge on any atom is -0.478 e. The van der Waals surface area contributed by atoms with E-state index in [1.165, 1.54) is 0 Å². The maximum atomic E-state index is 12.5. The number of esters is 1. The van der Waals surface area contributed by atoms with E-state index in [0.717, 1.165) is 94.7 Å². The lowest BCUT2D eigenvalue weighted by Crippen LogP contribution is -2.71. The van der Waals surface area contributed by atoms with Crippen LogP contribution in [0, 0.1) is 0 Å². The van der Waals surface area contributed by atoms with E-state index < -0.39 is 11.9 Å². The second-order valence-electron chi connectivity index (χ2n) is 19.4. The van der Waals surface area contributed by atoms with Crippen LogP contribution in [0.15, 0.2) is 196 Å². The summed E-state index contributed by atoms with van der Waals surface area (Å²) in [5, 5.41) is 35.4. The number of nitrogens with zero attached hydrogens (tertiary/aromatic N) is 1. The highest BCUT2D eigenvalue weighted by molar-refractivity contribution is 6.09. The first-order valence-corrected chi connectivity index (χ1v) is 26.5. The van der Waals surface area contributed by atoms with Crippen molar-refractivity contribution in [1.82, 2.24) is 0 Å². The van der Waals surface area contributed by atoms with Crippen molar-refractivity contribution in [3.63, 3.8) is 0 Å². The van der Waals surface area contributed by atoms with Crippen molar-refractivity contribution in [1.29, 1.82) is 0 Å². The number of benzene rings is 9. The minimum atomic E-state index is -0.959. The predicted octanol–water partition coefficient (Wildman–Crippen LogP) is 11.9. The number of carboxylic acid groups (broad SMARTS) is 2. The van der Waals surface area contributed by atoms with Gasteiger partial charge in [0, 0.05) is 144 Å². The van der Waals surface area contributed by atoms with Gasteiger partial charge in [0.25, 0.3) is 0 Å². The highest BCUT2D eigenvalue weighted by Crippen LogP contribution is 2.54. The molecule has 1 unspecified atom stereocenters. The van der Waals surface area contributed by atoms with Crippen molar-refractivity contribution >= 4 is 62.6 Å². The van der Waals surface area contributed by atoms with Gasteiger partial charge in [0.1, 0.15) is 47.3 Å². The Morgan fingerprint density at radius 3 is 1.46 bits per heavy atom. The fraction of sp³-hybridized carbons (Fsp3) is 0.119. The molecular weight excluding hydrogens is 1030 g/mol. The highest BCUT2D eigenvalue weighted by Gasteiger charge is 2.42. The summed E-state index contributed by atoms with van der Waals surface area (Å²) in [6.45, 7) is 0. The molecule has 0 aromatic heterocycles. The third-order valence-electron chi connectivity index (χ3n) is 14.9. The maximum Gasteiger partial charge on any atom is 0.339 e. The van der Waals surface area contributed by atoms with Gasteiger partial charge in [-0.3, -0.25) is 4.99 Å². The van der Waals surface area contributed by atoms with E-state index in [1.807, 2.05) is 181 Å². The molecule has 0 saturated carbocycles. The average Bonchev–Trinajstić information content (AvgIpc) is 3.81. The Balaban J connectivity index is 0.000000129. The minimum absolute atomic E-state index is 0.136. The fourth-order valence-electron chi connectivity index (χ4n) is 10.8. The number of aromatic carboxylic acids is 2. The summed E-state index contributed by atoms with van der Waals surface area (Å²) in [4.78, 5) is 43.4. The Kier molecular flexibility index (Phi) is 14.7. The number of carbonyl (C=O) groups excluding carboxylic acids is 1. The summed E-state index contributed by atoms with van der Waals surface area (Å²) in [7, 11) is 11.0. The Bertz CT molecular complexity index is 4150. The Morgan fingerprint density at radius 2 is 0.963 bits per heavy atom. The SMILES string of the molecule is CN=c1ccc2c(-c3ccccc3C(=O)O)c3ccc(NC)cc3oc-2c1.CNc1ccc2c(-c3ccccc3C(=O)O)c3ccc(=[NH+]C)cc-3oc2c1.CNc1ccc2c(c1)Oc1cc(NC)ccc1C2C1OC(=O)c2ccccc21. The summed E-state index contributed by atoms with van der Waals surface area (Å²) >= 11 is 0. The molecule has 2 aliphatic carbocycles. The Morgan fingerprint density at radius 1 is 0.500 bits per heavy atom. The lowest BCUT2D eigenvalue weighted by atomic mass is 9.81. The second kappa shape index (κ2) is 22.6. The molecule has 7 N–H and O–H groups in total. The molecule has 6 aliphatic rings. The molecule has 1 atom stereocenters. The van der Waals surface area contributed by atoms with Crippen LogP contribution in [0.4, 0.5) is 22.7 Å². The van der Waals surface area contributed by atoms with E-state index in [9.17, 15) is 24.6 Å². The number of hydrogen-bond acceptors (Lipinski definition) is 12. The topological polar surface area (TPSA) is 211 Å². The second-order valence-corrected chi connectivity index (χ2v) is 19.4. The van der Waals surface area contributed by atoms with Gasteiger partial charge in [0.05, 0.1) is 34.0 Å². The molecule has 0 fully saturated rings. The standard InChI is InChI=1S/C23H20N2O3.2C22H18N2O3/c1-24-13-7-9-17-19(11-13)27-20-12-14(25-2)8-10-18(20)21(17)22-15-5-3-4-6-16(15)23(26)28-22;2*1-23-13-7-9-17-19(11-13)27-20-12-14(24-2)8-10-18(20)21(17)15-5-3-4-6-16(15)22(25)26/h3-12,21-22,24-25H,1-2H3;2*3-12,23H,1-2H3,(H,25,26)/p+1. The van der Waals surface area contributed by atoms with Crippen LogP contribution >= 0.6 is 0 Å². The van der Waals surface area contributed by atoms with Crippen molar-refractivity contribution in [3.05, 3.63) is 226 Å². The third-order valence-corrected chi connectivity index (χ3v) is 14.9. The molecule has 7 aromatic carbocycles. The fourth-order valence-corrected chi connectivity index (χ4v) is 10.8. The molecule has 0 radical (unpaired) electrons. The summed E-state index contributed by atoms with van der Waals surface area (Å²) in [6.07, 6.45) is -0.383. The predicted molar refractivity (Wildman–Crippen MR) is 320 cm³/mol. The van der Waals surface area contributed by atoms with Crippen molar-refractivity contribution in [2.45, 2.75) is 12.0 Å². The molecule has 0 bridgehead atoms. The number of ether oxygens (including phenoxy) is 2. The van der Waals surface area contributed by atoms with Gasteiger partial charge in [-0.1, -0.05) is 66.7 Å². The zero-order valence-corrected chi connectivity index (χ0v) is 45.7. The van der Waals surface area contributed by atoms with Crippen LogP contribution in [-0.4, -0.2) is 70.4 Å². The molecule has 15 nitrogen and oxygen atoms in total. The van der Waals surface area contributed by atoms with Crippen LogP contribution in [-0.2, 0) is 4.74 Å². The number of carboxylic acids is 2. The van der Waals surface area contributed by atoms with Crippen LogP contribution in [0.1, 0.15) is 59.8 Å². The number of nitrogens with one attached hydrogen (secondary N) is 5. The summed E-state index contributed by atoms with van der Waals surface area (Å²) in [6, 6.07) is 57.0. The number of carbonyl (C=O) groups is 3. The number of rotatable bonds is 9. The van der Waals surface area contributed by atoms with E-state index in [2.05, 4.69) is 43.4 Å². The van der Waals surface area contributed by atoms with E-state index in [1.54, 1.807) is 31.3 Å².